The zero-order valence-corrected chi connectivity index (χ0v) is 22.9. The number of pyridine rings is 1. The van der Waals surface area contributed by atoms with E-state index in [0.29, 0.717) is 11.1 Å². The van der Waals surface area contributed by atoms with Crippen molar-refractivity contribution in [2.24, 2.45) is 5.73 Å². The first-order valence-electron chi connectivity index (χ1n) is 12.7. The van der Waals surface area contributed by atoms with E-state index in [-0.39, 0.29) is 16.8 Å². The van der Waals surface area contributed by atoms with Gasteiger partial charge >= 0.3 is 18.0 Å². The molecule has 13 heteroatoms. The average Bonchev–Trinajstić information content (AvgIpc) is 3.14. The number of carboxylic acid groups (broad SMARTS) is 1. The first-order chi connectivity index (χ1) is 20.0. The fourth-order valence-corrected chi connectivity index (χ4v) is 7.45. The number of carbonyl (C=O) groups excluding carboxylic acids is 3. The zero-order chi connectivity index (χ0) is 30.2. The van der Waals surface area contributed by atoms with Crippen LogP contribution >= 0.6 is 0 Å². The Labute approximate surface area is 240 Å². The highest BCUT2D eigenvalue weighted by Crippen LogP contribution is 2.50. The van der Waals surface area contributed by atoms with Crippen LogP contribution in [0.4, 0.5) is 4.79 Å². The fraction of sp³-hybridized carbons (Fsp3) is 0.207. The third kappa shape index (κ3) is 4.77. The van der Waals surface area contributed by atoms with Gasteiger partial charge in [0.2, 0.25) is 0 Å². The molecule has 2 aliphatic heterocycles. The standard InChI is InChI=1S/C29H25N3O9S/c1-29(16-40-28(30)37)23(27(36)41-22(17-8-4-2-5-9-17)18-10-6-3-7-11-18)32-24(33)21(25(32)42(29,38)39)15-20-14-19(26(34)35)12-13-31-20/h2-15,22-23,25H,16H2,1H3,(H2,30,37)(H,34,35)/b21-15-/t23-,25+,29?/m0/s1. The Morgan fingerprint density at radius 3 is 2.21 bits per heavy atom. The number of aromatic carboxylic acids is 1. The molecular weight excluding hydrogens is 566 g/mol. The van der Waals surface area contributed by atoms with Crippen LogP contribution in [0.5, 0.6) is 0 Å². The van der Waals surface area contributed by atoms with Gasteiger partial charge in [-0.05, 0) is 36.3 Å². The third-order valence-electron chi connectivity index (χ3n) is 7.29. The highest BCUT2D eigenvalue weighted by Gasteiger charge is 2.73. The molecule has 0 aliphatic carbocycles. The van der Waals surface area contributed by atoms with Crippen LogP contribution in [0.15, 0.2) is 84.6 Å². The molecule has 2 aromatic carbocycles. The number of hydrogen-bond acceptors (Lipinski definition) is 9. The van der Waals surface area contributed by atoms with Crippen LogP contribution < -0.4 is 5.73 Å². The molecule has 0 bridgehead atoms. The van der Waals surface area contributed by atoms with E-state index in [9.17, 15) is 32.7 Å². The number of rotatable bonds is 8. The fourth-order valence-electron chi connectivity index (χ4n) is 5.17. The number of amides is 2. The SMILES string of the molecule is CC1(COC(N)=O)[C@H](C(=O)OC(c2ccccc2)c2ccccc2)N2C(=O)/C(=C/c3cc(C(=O)O)ccn3)[C@H]2S1(=O)=O. The molecule has 1 unspecified atom stereocenters. The molecule has 3 atom stereocenters. The lowest BCUT2D eigenvalue weighted by atomic mass is 9.93. The number of primary amides is 1. The monoisotopic (exact) mass is 591 g/mol. The number of esters is 1. The summed E-state index contributed by atoms with van der Waals surface area (Å²) < 4.78 is 36.6. The Balaban J connectivity index is 1.56. The summed E-state index contributed by atoms with van der Waals surface area (Å²) in [5.74, 6) is -3.07. The van der Waals surface area contributed by atoms with Gasteiger partial charge in [-0.1, -0.05) is 60.7 Å². The number of nitrogens with two attached hydrogens (primary N) is 1. The molecule has 0 radical (unpaired) electrons. The minimum absolute atomic E-state index is 0.0300. The molecule has 1 aromatic heterocycles. The minimum atomic E-state index is -4.45. The van der Waals surface area contributed by atoms with Crippen LogP contribution in [0.25, 0.3) is 6.08 Å². The lowest BCUT2D eigenvalue weighted by Crippen LogP contribution is -2.60. The summed E-state index contributed by atoms with van der Waals surface area (Å²) in [4.78, 5) is 55.1. The Hall–Kier alpha value is -5.04. The molecule has 2 aliphatic rings. The smallest absolute Gasteiger partial charge is 0.404 e. The molecule has 12 nitrogen and oxygen atoms in total. The molecule has 2 fully saturated rings. The van der Waals surface area contributed by atoms with Gasteiger partial charge in [-0.15, -0.1) is 0 Å². The van der Waals surface area contributed by atoms with Gasteiger partial charge < -0.3 is 25.2 Å². The number of carbonyl (C=O) groups is 4. The number of ether oxygens (including phenoxy) is 2. The Bertz CT molecular complexity index is 1670. The van der Waals surface area contributed by atoms with Gasteiger partial charge in [0, 0.05) is 6.20 Å². The number of hydrogen-bond donors (Lipinski definition) is 2. The van der Waals surface area contributed by atoms with Gasteiger partial charge in [0.05, 0.1) is 16.8 Å². The van der Waals surface area contributed by atoms with Crippen molar-refractivity contribution >= 4 is 39.9 Å². The molecule has 3 heterocycles. The number of aromatic nitrogens is 1. The quantitative estimate of drug-likeness (QED) is 0.224. The van der Waals surface area contributed by atoms with E-state index < -0.39 is 62.6 Å². The summed E-state index contributed by atoms with van der Waals surface area (Å²) in [7, 11) is -4.45. The first-order valence-corrected chi connectivity index (χ1v) is 14.2. The molecule has 216 valence electrons. The van der Waals surface area contributed by atoms with Crippen molar-refractivity contribution in [1.29, 1.82) is 0 Å². The second kappa shape index (κ2) is 10.7. The van der Waals surface area contributed by atoms with E-state index in [0.717, 1.165) is 11.0 Å². The van der Waals surface area contributed by atoms with E-state index in [1.54, 1.807) is 60.7 Å². The normalized spacial score (nSPS) is 23.2. The summed E-state index contributed by atoms with van der Waals surface area (Å²) in [6, 6.07) is 18.3. The van der Waals surface area contributed by atoms with Crippen LogP contribution in [0, 0.1) is 0 Å². The summed E-state index contributed by atoms with van der Waals surface area (Å²) in [5, 5.41) is 7.68. The third-order valence-corrected chi connectivity index (χ3v) is 10.0. The number of fused-ring (bicyclic) bond motifs is 1. The molecule has 0 spiro atoms. The van der Waals surface area contributed by atoms with Gasteiger partial charge in [-0.25, -0.2) is 22.8 Å². The Kier molecular flexibility index (Phi) is 7.29. The van der Waals surface area contributed by atoms with Crippen LogP contribution in [0.1, 0.15) is 40.2 Å². The van der Waals surface area contributed by atoms with E-state index in [1.807, 2.05) is 0 Å². The second-order valence-electron chi connectivity index (χ2n) is 9.95. The first kappa shape index (κ1) is 28.5. The number of carboxylic acids is 1. The zero-order valence-electron chi connectivity index (χ0n) is 22.1. The molecule has 2 saturated heterocycles. The van der Waals surface area contributed by atoms with Crippen molar-refractivity contribution in [3.8, 4) is 0 Å². The molecule has 3 N–H and O–H groups in total. The molecule has 42 heavy (non-hydrogen) atoms. The predicted molar refractivity (Wildman–Crippen MR) is 147 cm³/mol. The molecule has 2 amide bonds. The molecule has 5 rings (SSSR count). The van der Waals surface area contributed by atoms with Crippen molar-refractivity contribution < 1.29 is 42.2 Å². The maximum atomic E-state index is 14.0. The number of benzene rings is 2. The minimum Gasteiger partial charge on any atom is -0.478 e. The van der Waals surface area contributed by atoms with E-state index in [4.69, 9.17) is 15.2 Å². The molecule has 3 aromatic rings. The van der Waals surface area contributed by atoms with Crippen LogP contribution in [0.2, 0.25) is 0 Å². The van der Waals surface area contributed by atoms with E-state index >= 15 is 0 Å². The van der Waals surface area contributed by atoms with Gasteiger partial charge in [-0.2, -0.15) is 0 Å². The van der Waals surface area contributed by atoms with Crippen LogP contribution in [-0.2, 0) is 28.9 Å². The highest BCUT2D eigenvalue weighted by atomic mass is 32.2. The van der Waals surface area contributed by atoms with Crippen LogP contribution in [-0.4, -0.2) is 70.1 Å². The number of nitrogens with zero attached hydrogens (tertiary/aromatic N) is 2. The molecule has 0 saturated carbocycles. The van der Waals surface area contributed by atoms with Gasteiger partial charge in [0.1, 0.15) is 11.4 Å². The summed E-state index contributed by atoms with van der Waals surface area (Å²) in [6.07, 6.45) is 0.152. The lowest BCUT2D eigenvalue weighted by Gasteiger charge is -2.39. The van der Waals surface area contributed by atoms with Gasteiger partial charge in [0.25, 0.3) is 5.91 Å². The van der Waals surface area contributed by atoms with E-state index in [1.165, 1.54) is 25.3 Å². The highest BCUT2D eigenvalue weighted by molar-refractivity contribution is 7.94. The lowest BCUT2D eigenvalue weighted by molar-refractivity contribution is -0.161. The topological polar surface area (TPSA) is 183 Å². The van der Waals surface area contributed by atoms with Crippen molar-refractivity contribution in [1.82, 2.24) is 9.88 Å². The Morgan fingerprint density at radius 1 is 1.07 bits per heavy atom. The van der Waals surface area contributed by atoms with Crippen LogP contribution in [0.3, 0.4) is 0 Å². The average molecular weight is 592 g/mol. The van der Waals surface area contributed by atoms with Gasteiger partial charge in [-0.3, -0.25) is 9.78 Å². The Morgan fingerprint density at radius 2 is 1.67 bits per heavy atom. The molecular formula is C29H25N3O9S. The van der Waals surface area contributed by atoms with Crippen molar-refractivity contribution in [3.05, 3.63) is 107 Å². The number of sulfone groups is 1. The predicted octanol–water partition coefficient (Wildman–Crippen LogP) is 2.32. The number of β-lactam (4-membered cyclic amide) rings is 1. The maximum Gasteiger partial charge on any atom is 0.404 e. The van der Waals surface area contributed by atoms with Crippen molar-refractivity contribution in [2.75, 3.05) is 6.61 Å². The van der Waals surface area contributed by atoms with Crippen molar-refractivity contribution in [3.63, 3.8) is 0 Å². The largest absolute Gasteiger partial charge is 0.478 e. The summed E-state index contributed by atoms with van der Waals surface area (Å²) in [6.45, 7) is 0.357. The summed E-state index contributed by atoms with van der Waals surface area (Å²) >= 11 is 0. The van der Waals surface area contributed by atoms with E-state index in [2.05, 4.69) is 4.98 Å². The maximum absolute atomic E-state index is 14.0. The second-order valence-corrected chi connectivity index (χ2v) is 12.4. The van der Waals surface area contributed by atoms with Gasteiger partial charge in [0.15, 0.2) is 27.4 Å². The van der Waals surface area contributed by atoms with Crippen molar-refractivity contribution in [2.45, 2.75) is 29.2 Å². The summed E-state index contributed by atoms with van der Waals surface area (Å²) in [5.41, 5.74) is 6.02.